The van der Waals surface area contributed by atoms with E-state index >= 15 is 0 Å². The van der Waals surface area contributed by atoms with Crippen molar-refractivity contribution in [2.24, 2.45) is 0 Å². The average molecular weight is 374 g/mol. The molecule has 0 spiro atoms. The van der Waals surface area contributed by atoms with E-state index in [1.165, 1.54) is 24.2 Å². The van der Waals surface area contributed by atoms with Crippen molar-refractivity contribution in [3.05, 3.63) is 29.3 Å². The summed E-state index contributed by atoms with van der Waals surface area (Å²) in [6, 6.07) is 7.67. The van der Waals surface area contributed by atoms with Crippen molar-refractivity contribution in [3.63, 3.8) is 0 Å². The summed E-state index contributed by atoms with van der Waals surface area (Å²) in [6.07, 6.45) is 2.73. The summed E-state index contributed by atoms with van der Waals surface area (Å²) in [5.41, 5.74) is 0. The Morgan fingerprint density at radius 1 is 1.31 bits per heavy atom. The standard InChI is InChI=1S/C18H22N4O3S/c1-22(10-13-11-24-14-4-2-3-5-15(14)25-13)9-8-16(23)19-18-21-20-17(26-18)12-6-7-12/h2-5,12-13H,6-11H2,1H3,(H,19,21,23)/t13-/m1/s1. The van der Waals surface area contributed by atoms with Crippen molar-refractivity contribution in [2.75, 3.05) is 32.1 Å². The van der Waals surface area contributed by atoms with Gasteiger partial charge >= 0.3 is 0 Å². The van der Waals surface area contributed by atoms with Crippen LogP contribution in [0.5, 0.6) is 11.5 Å². The van der Waals surface area contributed by atoms with Crippen molar-refractivity contribution < 1.29 is 14.3 Å². The summed E-state index contributed by atoms with van der Waals surface area (Å²) in [5.74, 6) is 2.08. The van der Waals surface area contributed by atoms with Gasteiger partial charge in [0.2, 0.25) is 11.0 Å². The summed E-state index contributed by atoms with van der Waals surface area (Å²) in [6.45, 7) is 1.86. The number of nitrogens with zero attached hydrogens (tertiary/aromatic N) is 3. The topological polar surface area (TPSA) is 76.6 Å². The Bertz CT molecular complexity index is 777. The maximum atomic E-state index is 12.1. The minimum Gasteiger partial charge on any atom is -0.486 e. The third-order valence-corrected chi connectivity index (χ3v) is 5.42. The first-order chi connectivity index (χ1) is 12.7. The highest BCUT2D eigenvalue weighted by Gasteiger charge is 2.28. The molecule has 1 saturated carbocycles. The third-order valence-electron chi connectivity index (χ3n) is 4.42. The number of amides is 1. The van der Waals surface area contributed by atoms with Crippen LogP contribution in [0.15, 0.2) is 24.3 Å². The maximum Gasteiger partial charge on any atom is 0.227 e. The lowest BCUT2D eigenvalue weighted by Gasteiger charge is -2.29. The molecule has 2 aromatic rings. The van der Waals surface area contributed by atoms with Gasteiger partial charge in [0.15, 0.2) is 11.5 Å². The number of anilines is 1. The van der Waals surface area contributed by atoms with Gasteiger partial charge in [0.05, 0.1) is 0 Å². The van der Waals surface area contributed by atoms with E-state index in [9.17, 15) is 4.79 Å². The maximum absolute atomic E-state index is 12.1. The summed E-state index contributed by atoms with van der Waals surface area (Å²) < 4.78 is 11.7. The highest BCUT2D eigenvalue weighted by Crippen LogP contribution is 2.42. The number of ether oxygens (including phenoxy) is 2. The summed E-state index contributed by atoms with van der Waals surface area (Å²) in [4.78, 5) is 14.2. The van der Waals surface area contributed by atoms with Crippen LogP contribution in [0.1, 0.15) is 30.2 Å². The first kappa shape index (κ1) is 17.2. The molecule has 0 radical (unpaired) electrons. The molecule has 8 heteroatoms. The third kappa shape index (κ3) is 4.31. The lowest BCUT2D eigenvalue weighted by Crippen LogP contribution is -2.40. The lowest BCUT2D eigenvalue weighted by molar-refractivity contribution is -0.116. The largest absolute Gasteiger partial charge is 0.486 e. The normalized spacial score (nSPS) is 18.8. The van der Waals surface area contributed by atoms with Gasteiger partial charge in [-0.05, 0) is 32.0 Å². The van der Waals surface area contributed by atoms with E-state index in [1.54, 1.807) is 0 Å². The second-order valence-electron chi connectivity index (χ2n) is 6.78. The Labute approximate surface area is 156 Å². The van der Waals surface area contributed by atoms with Gasteiger partial charge in [0.1, 0.15) is 17.7 Å². The van der Waals surface area contributed by atoms with Gasteiger partial charge in [-0.1, -0.05) is 23.5 Å². The summed E-state index contributed by atoms with van der Waals surface area (Å²) in [5, 5.41) is 12.7. The van der Waals surface area contributed by atoms with E-state index in [1.807, 2.05) is 31.3 Å². The number of para-hydroxylation sites is 2. The molecule has 1 N–H and O–H groups in total. The molecule has 0 saturated heterocycles. The van der Waals surface area contributed by atoms with Crippen molar-refractivity contribution in [2.45, 2.75) is 31.3 Å². The Hall–Kier alpha value is -2.19. The molecule has 1 amide bonds. The van der Waals surface area contributed by atoms with Crippen LogP contribution < -0.4 is 14.8 Å². The van der Waals surface area contributed by atoms with Crippen LogP contribution in [0, 0.1) is 0 Å². The zero-order chi connectivity index (χ0) is 17.9. The molecule has 0 bridgehead atoms. The molecular weight excluding hydrogens is 352 g/mol. The van der Waals surface area contributed by atoms with Gasteiger partial charge in [0, 0.05) is 25.4 Å². The van der Waals surface area contributed by atoms with Crippen LogP contribution in [0.2, 0.25) is 0 Å². The molecule has 1 atom stereocenters. The van der Waals surface area contributed by atoms with Crippen LogP contribution in [-0.2, 0) is 4.79 Å². The van der Waals surface area contributed by atoms with Crippen LogP contribution in [-0.4, -0.2) is 53.9 Å². The molecule has 7 nitrogen and oxygen atoms in total. The van der Waals surface area contributed by atoms with Gasteiger partial charge in [-0.2, -0.15) is 0 Å². The number of hydrogen-bond donors (Lipinski definition) is 1. The van der Waals surface area contributed by atoms with Gasteiger partial charge in [-0.25, -0.2) is 0 Å². The van der Waals surface area contributed by atoms with Crippen molar-refractivity contribution in [1.82, 2.24) is 15.1 Å². The Kier molecular flexibility index (Phi) is 5.03. The number of benzene rings is 1. The minimum atomic E-state index is -0.0403. The number of carbonyl (C=O) groups excluding carboxylic acids is 1. The number of nitrogens with one attached hydrogen (secondary N) is 1. The number of rotatable bonds is 7. The smallest absolute Gasteiger partial charge is 0.227 e. The van der Waals surface area contributed by atoms with Gasteiger partial charge in [-0.3, -0.25) is 4.79 Å². The van der Waals surface area contributed by atoms with Crippen LogP contribution in [0.25, 0.3) is 0 Å². The number of likely N-dealkylation sites (N-methyl/N-ethyl adjacent to an activating group) is 1. The molecule has 1 aliphatic heterocycles. The van der Waals surface area contributed by atoms with Crippen molar-refractivity contribution in [3.8, 4) is 11.5 Å². The second-order valence-corrected chi connectivity index (χ2v) is 7.79. The molecule has 1 aliphatic carbocycles. The highest BCUT2D eigenvalue weighted by molar-refractivity contribution is 7.15. The molecule has 26 heavy (non-hydrogen) atoms. The van der Waals surface area contributed by atoms with Crippen LogP contribution in [0.4, 0.5) is 5.13 Å². The van der Waals surface area contributed by atoms with Crippen molar-refractivity contribution >= 4 is 22.4 Å². The number of aromatic nitrogens is 2. The molecule has 2 aliphatic rings. The average Bonchev–Trinajstić information content (AvgIpc) is 3.40. The van der Waals surface area contributed by atoms with Gasteiger partial charge in [-0.15, -0.1) is 10.2 Å². The van der Waals surface area contributed by atoms with E-state index in [2.05, 4.69) is 20.4 Å². The van der Waals surface area contributed by atoms with E-state index in [0.717, 1.165) is 16.5 Å². The number of hydrogen-bond acceptors (Lipinski definition) is 7. The summed E-state index contributed by atoms with van der Waals surface area (Å²) >= 11 is 1.48. The molecule has 4 rings (SSSR count). The van der Waals surface area contributed by atoms with Gasteiger partial charge in [0.25, 0.3) is 0 Å². The van der Waals surface area contributed by atoms with E-state index in [4.69, 9.17) is 9.47 Å². The van der Waals surface area contributed by atoms with Crippen LogP contribution >= 0.6 is 11.3 Å². The molecule has 1 aromatic heterocycles. The fourth-order valence-electron chi connectivity index (χ4n) is 2.85. The zero-order valence-corrected chi connectivity index (χ0v) is 15.5. The Morgan fingerprint density at radius 2 is 2.12 bits per heavy atom. The molecule has 138 valence electrons. The van der Waals surface area contributed by atoms with E-state index in [0.29, 0.717) is 37.2 Å². The molecule has 2 heterocycles. The lowest BCUT2D eigenvalue weighted by atomic mass is 10.2. The monoisotopic (exact) mass is 374 g/mol. The molecule has 0 unspecified atom stereocenters. The number of fused-ring (bicyclic) bond motifs is 1. The zero-order valence-electron chi connectivity index (χ0n) is 14.7. The highest BCUT2D eigenvalue weighted by atomic mass is 32.1. The summed E-state index contributed by atoms with van der Waals surface area (Å²) in [7, 11) is 1.98. The molecule has 1 aromatic carbocycles. The van der Waals surface area contributed by atoms with Crippen molar-refractivity contribution in [1.29, 1.82) is 0 Å². The molecule has 1 fully saturated rings. The Morgan fingerprint density at radius 3 is 2.92 bits per heavy atom. The SMILES string of the molecule is CN(CCC(=O)Nc1nnc(C2CC2)s1)C[C@@H]1COc2ccccc2O1. The number of carbonyl (C=O) groups is 1. The van der Waals surface area contributed by atoms with Gasteiger partial charge < -0.3 is 19.7 Å². The fraction of sp³-hybridized carbons (Fsp3) is 0.500. The van der Waals surface area contributed by atoms with Crippen LogP contribution in [0.3, 0.4) is 0 Å². The second kappa shape index (κ2) is 7.59. The predicted octanol–water partition coefficient (Wildman–Crippen LogP) is 2.52. The molecular formula is C18H22N4O3S. The van der Waals surface area contributed by atoms with E-state index in [-0.39, 0.29) is 12.0 Å². The predicted molar refractivity (Wildman–Crippen MR) is 99.0 cm³/mol. The quantitative estimate of drug-likeness (QED) is 0.803. The first-order valence-electron chi connectivity index (χ1n) is 8.87. The van der Waals surface area contributed by atoms with E-state index < -0.39 is 0 Å². The minimum absolute atomic E-state index is 0.0396. The first-order valence-corrected chi connectivity index (χ1v) is 9.69. The Balaban J connectivity index is 1.20. The fourth-order valence-corrected chi connectivity index (χ4v) is 3.78.